The Kier molecular flexibility index (Phi) is 12.2. The molecule has 4 unspecified atom stereocenters. The standard InChI is InChI=1S/C28H48N4O7/c1-9-11-20(22(37-8)25(34)29-18(4)10-2)30-24(33)21-14-17(3)15-32(21)26(35)23(28(5,6)7)31-27(36)39-19-12-13-38-16-19/h18-23H,3,9-16H2,1-2,4-8H3,(H,29,34)(H,30,33)(H,31,36)/t18?,19-,20-,21?,22?,23?/m0/s1. The largest absolute Gasteiger partial charge is 0.444 e. The van der Waals surface area contributed by atoms with E-state index < -0.39 is 47.6 Å². The van der Waals surface area contributed by atoms with E-state index >= 15 is 0 Å². The highest BCUT2D eigenvalue weighted by Crippen LogP contribution is 2.28. The van der Waals surface area contributed by atoms with Gasteiger partial charge in [-0.1, -0.05) is 53.2 Å². The Morgan fingerprint density at radius 1 is 1.15 bits per heavy atom. The second-order valence-corrected chi connectivity index (χ2v) is 11.6. The Morgan fingerprint density at radius 3 is 2.38 bits per heavy atom. The Bertz CT molecular complexity index is 882. The average Bonchev–Trinajstić information content (AvgIpc) is 3.51. The van der Waals surface area contributed by atoms with Gasteiger partial charge in [0.1, 0.15) is 18.2 Å². The minimum absolute atomic E-state index is 0.0332. The molecule has 0 saturated carbocycles. The van der Waals surface area contributed by atoms with E-state index in [0.29, 0.717) is 32.5 Å². The molecule has 0 spiro atoms. The maximum Gasteiger partial charge on any atom is 0.408 e. The second kappa shape index (κ2) is 14.6. The lowest BCUT2D eigenvalue weighted by Gasteiger charge is -2.35. The van der Waals surface area contributed by atoms with E-state index in [0.717, 1.165) is 12.0 Å². The Labute approximate surface area is 232 Å². The van der Waals surface area contributed by atoms with Crippen LogP contribution in [0.3, 0.4) is 0 Å². The van der Waals surface area contributed by atoms with Gasteiger partial charge in [-0.15, -0.1) is 0 Å². The van der Waals surface area contributed by atoms with Crippen LogP contribution in [0.25, 0.3) is 0 Å². The third kappa shape index (κ3) is 9.20. The SMILES string of the molecule is C=C1CC(C(=O)N[C@@H](CCC)C(OC)C(=O)NC(C)CC)N(C(=O)C(NC(=O)O[C@H]2CCOC2)C(C)(C)C)C1. The predicted molar refractivity (Wildman–Crippen MR) is 147 cm³/mol. The summed E-state index contributed by atoms with van der Waals surface area (Å²) < 4.78 is 16.2. The number of alkyl carbamates (subject to hydrolysis) is 1. The van der Waals surface area contributed by atoms with Crippen molar-refractivity contribution in [3.63, 3.8) is 0 Å². The zero-order chi connectivity index (χ0) is 29.3. The minimum Gasteiger partial charge on any atom is -0.444 e. The summed E-state index contributed by atoms with van der Waals surface area (Å²) in [6, 6.07) is -2.38. The van der Waals surface area contributed by atoms with E-state index in [2.05, 4.69) is 22.5 Å². The highest BCUT2D eigenvalue weighted by atomic mass is 16.6. The number of rotatable bonds is 12. The van der Waals surface area contributed by atoms with Crippen LogP contribution in [-0.4, -0.2) is 92.0 Å². The van der Waals surface area contributed by atoms with Gasteiger partial charge in [-0.2, -0.15) is 0 Å². The van der Waals surface area contributed by atoms with Gasteiger partial charge in [-0.05, 0) is 31.6 Å². The molecule has 3 N–H and O–H groups in total. The quantitative estimate of drug-likeness (QED) is 0.316. The Balaban J connectivity index is 2.19. The lowest BCUT2D eigenvalue weighted by Crippen LogP contribution is -2.60. The fourth-order valence-corrected chi connectivity index (χ4v) is 4.76. The molecule has 0 aromatic rings. The smallest absolute Gasteiger partial charge is 0.408 e. The summed E-state index contributed by atoms with van der Waals surface area (Å²) in [5.41, 5.74) is 0.0689. The van der Waals surface area contributed by atoms with Gasteiger partial charge in [0.15, 0.2) is 6.10 Å². The summed E-state index contributed by atoms with van der Waals surface area (Å²) in [6.45, 7) is 16.4. The monoisotopic (exact) mass is 552 g/mol. The van der Waals surface area contributed by atoms with Crippen LogP contribution >= 0.6 is 0 Å². The van der Waals surface area contributed by atoms with Crippen molar-refractivity contribution in [2.45, 2.75) is 110 Å². The van der Waals surface area contributed by atoms with Crippen molar-refractivity contribution in [2.75, 3.05) is 26.9 Å². The first-order chi connectivity index (χ1) is 18.3. The van der Waals surface area contributed by atoms with Gasteiger partial charge in [0, 0.05) is 26.1 Å². The summed E-state index contributed by atoms with van der Waals surface area (Å²) in [5.74, 6) is -1.08. The van der Waals surface area contributed by atoms with Gasteiger partial charge >= 0.3 is 6.09 Å². The van der Waals surface area contributed by atoms with E-state index in [9.17, 15) is 19.2 Å². The highest BCUT2D eigenvalue weighted by Gasteiger charge is 2.44. The second-order valence-electron chi connectivity index (χ2n) is 11.6. The van der Waals surface area contributed by atoms with Crippen molar-refractivity contribution in [1.29, 1.82) is 0 Å². The van der Waals surface area contributed by atoms with Gasteiger partial charge in [-0.25, -0.2) is 4.79 Å². The fourth-order valence-electron chi connectivity index (χ4n) is 4.76. The summed E-state index contributed by atoms with van der Waals surface area (Å²) in [5, 5.41) is 8.61. The first kappa shape index (κ1) is 32.6. The maximum absolute atomic E-state index is 13.8. The molecule has 0 aromatic heterocycles. The molecule has 2 aliphatic rings. The van der Waals surface area contributed by atoms with Gasteiger partial charge in [-0.3, -0.25) is 14.4 Å². The number of hydrogen-bond acceptors (Lipinski definition) is 7. The van der Waals surface area contributed by atoms with Crippen LogP contribution in [0.1, 0.15) is 73.6 Å². The van der Waals surface area contributed by atoms with E-state index in [4.69, 9.17) is 14.2 Å². The molecule has 0 bridgehead atoms. The predicted octanol–water partition coefficient (Wildman–Crippen LogP) is 2.29. The van der Waals surface area contributed by atoms with E-state index in [1.807, 2.05) is 41.5 Å². The first-order valence-electron chi connectivity index (χ1n) is 14.0. The van der Waals surface area contributed by atoms with Gasteiger partial charge in [0.2, 0.25) is 11.8 Å². The summed E-state index contributed by atoms with van der Waals surface area (Å²) >= 11 is 0. The third-order valence-electron chi connectivity index (χ3n) is 7.18. The van der Waals surface area contributed by atoms with E-state index in [1.54, 1.807) is 0 Å². The van der Waals surface area contributed by atoms with Gasteiger partial charge in [0.25, 0.3) is 5.91 Å². The molecule has 222 valence electrons. The first-order valence-corrected chi connectivity index (χ1v) is 14.0. The van der Waals surface area contributed by atoms with Crippen molar-refractivity contribution in [3.8, 4) is 0 Å². The molecule has 2 rings (SSSR count). The molecule has 6 atom stereocenters. The normalized spacial score (nSPS) is 22.5. The van der Waals surface area contributed by atoms with Crippen LogP contribution in [0.15, 0.2) is 12.2 Å². The van der Waals surface area contributed by atoms with Gasteiger partial charge < -0.3 is 35.1 Å². The van der Waals surface area contributed by atoms with E-state index in [-0.39, 0.29) is 31.0 Å². The molecule has 11 heteroatoms. The molecule has 2 heterocycles. The van der Waals surface area contributed by atoms with Crippen molar-refractivity contribution in [2.24, 2.45) is 5.41 Å². The molecule has 0 aliphatic carbocycles. The molecule has 4 amide bonds. The van der Waals surface area contributed by atoms with Gasteiger partial charge in [0.05, 0.1) is 19.3 Å². The van der Waals surface area contributed by atoms with Crippen molar-refractivity contribution < 1.29 is 33.4 Å². The summed E-state index contributed by atoms with van der Waals surface area (Å²) in [4.78, 5) is 54.4. The van der Waals surface area contributed by atoms with Crippen LogP contribution in [0.5, 0.6) is 0 Å². The molecule has 0 radical (unpaired) electrons. The molecule has 11 nitrogen and oxygen atoms in total. The number of carbonyl (C=O) groups excluding carboxylic acids is 4. The zero-order valence-corrected chi connectivity index (χ0v) is 24.6. The van der Waals surface area contributed by atoms with Crippen LogP contribution in [0, 0.1) is 5.41 Å². The Hall–Kier alpha value is -2.66. The van der Waals surface area contributed by atoms with E-state index in [1.165, 1.54) is 12.0 Å². The number of likely N-dealkylation sites (tertiary alicyclic amines) is 1. The van der Waals surface area contributed by atoms with Crippen molar-refractivity contribution in [1.82, 2.24) is 20.9 Å². The third-order valence-corrected chi connectivity index (χ3v) is 7.18. The van der Waals surface area contributed by atoms with Crippen LogP contribution in [0.2, 0.25) is 0 Å². The number of ether oxygens (including phenoxy) is 3. The van der Waals surface area contributed by atoms with Crippen molar-refractivity contribution in [3.05, 3.63) is 12.2 Å². The Morgan fingerprint density at radius 2 is 1.85 bits per heavy atom. The lowest BCUT2D eigenvalue weighted by molar-refractivity contribution is -0.143. The lowest BCUT2D eigenvalue weighted by atomic mass is 9.85. The number of carbonyl (C=O) groups is 4. The number of nitrogens with one attached hydrogen (secondary N) is 3. The molecule has 2 saturated heterocycles. The van der Waals surface area contributed by atoms with Crippen molar-refractivity contribution >= 4 is 23.8 Å². The minimum atomic E-state index is -0.937. The average molecular weight is 553 g/mol. The number of methoxy groups -OCH3 is 1. The fraction of sp³-hybridized carbons (Fsp3) is 0.786. The molecular weight excluding hydrogens is 504 g/mol. The van der Waals surface area contributed by atoms with Crippen LogP contribution in [-0.2, 0) is 28.6 Å². The molecule has 2 aliphatic heterocycles. The molecular formula is C28H48N4O7. The molecule has 39 heavy (non-hydrogen) atoms. The molecule has 2 fully saturated rings. The maximum atomic E-state index is 13.8. The molecule has 0 aromatic carbocycles. The zero-order valence-electron chi connectivity index (χ0n) is 24.6. The number of nitrogens with zero attached hydrogens (tertiary/aromatic N) is 1. The van der Waals surface area contributed by atoms with Crippen LogP contribution < -0.4 is 16.0 Å². The van der Waals surface area contributed by atoms with Crippen LogP contribution in [0.4, 0.5) is 4.79 Å². The number of amides is 4. The highest BCUT2D eigenvalue weighted by molar-refractivity contribution is 5.93. The topological polar surface area (TPSA) is 135 Å². The summed E-state index contributed by atoms with van der Waals surface area (Å²) in [7, 11) is 1.44. The summed E-state index contributed by atoms with van der Waals surface area (Å²) in [6.07, 6.45) is 0.951. The number of hydrogen-bond donors (Lipinski definition) is 3.